The summed E-state index contributed by atoms with van der Waals surface area (Å²) >= 11 is 6.11. The van der Waals surface area contributed by atoms with E-state index >= 15 is 0 Å². The smallest absolute Gasteiger partial charge is 0.449 e. The highest BCUT2D eigenvalue weighted by atomic mass is 35.5. The predicted molar refractivity (Wildman–Crippen MR) is 91.2 cm³/mol. The SMILES string of the molecule is O=C(Nc1ccc2oc(C(F)(F)F)cc(=O)c2c1)C(Cl)c1ccccc1. The van der Waals surface area contributed by atoms with Crippen LogP contribution in [0, 0.1) is 0 Å². The quantitative estimate of drug-likeness (QED) is 0.667. The zero-order valence-electron chi connectivity index (χ0n) is 13.0. The van der Waals surface area contributed by atoms with Crippen molar-refractivity contribution < 1.29 is 22.4 Å². The molecule has 8 heteroatoms. The van der Waals surface area contributed by atoms with Gasteiger partial charge in [-0.2, -0.15) is 13.2 Å². The third kappa shape index (κ3) is 3.72. The van der Waals surface area contributed by atoms with Crippen LogP contribution in [0.25, 0.3) is 11.0 Å². The van der Waals surface area contributed by atoms with Crippen LogP contribution in [0.5, 0.6) is 0 Å². The summed E-state index contributed by atoms with van der Waals surface area (Å²) in [5.74, 6) is -1.91. The van der Waals surface area contributed by atoms with E-state index in [0.717, 1.165) is 0 Å². The molecule has 26 heavy (non-hydrogen) atoms. The molecule has 0 spiro atoms. The van der Waals surface area contributed by atoms with Crippen LogP contribution in [0.3, 0.4) is 0 Å². The first-order valence-corrected chi connectivity index (χ1v) is 7.84. The minimum absolute atomic E-state index is 0.0818. The van der Waals surface area contributed by atoms with Crippen LogP contribution in [-0.4, -0.2) is 5.91 Å². The number of hydrogen-bond donors (Lipinski definition) is 1. The summed E-state index contributed by atoms with van der Waals surface area (Å²) in [5.41, 5.74) is -0.286. The molecular weight excluding hydrogens is 371 g/mol. The summed E-state index contributed by atoms with van der Waals surface area (Å²) in [6.07, 6.45) is -4.76. The Kier molecular flexibility index (Phi) is 4.73. The summed E-state index contributed by atoms with van der Waals surface area (Å²) in [4.78, 5) is 24.2. The number of amides is 1. The number of benzene rings is 2. The zero-order chi connectivity index (χ0) is 18.9. The van der Waals surface area contributed by atoms with Gasteiger partial charge in [0.1, 0.15) is 11.0 Å². The summed E-state index contributed by atoms with van der Waals surface area (Å²) in [6, 6.07) is 12.8. The minimum atomic E-state index is -4.76. The van der Waals surface area contributed by atoms with Crippen LogP contribution < -0.4 is 10.7 Å². The summed E-state index contributed by atoms with van der Waals surface area (Å²) < 4.78 is 42.8. The van der Waals surface area contributed by atoms with Crippen LogP contribution in [0.4, 0.5) is 18.9 Å². The van der Waals surface area contributed by atoms with Gasteiger partial charge in [-0.05, 0) is 23.8 Å². The van der Waals surface area contributed by atoms with Crippen LogP contribution >= 0.6 is 11.6 Å². The van der Waals surface area contributed by atoms with Gasteiger partial charge in [0.2, 0.25) is 11.7 Å². The maximum Gasteiger partial charge on any atom is 0.449 e. The number of alkyl halides is 4. The Morgan fingerprint density at radius 3 is 2.42 bits per heavy atom. The topological polar surface area (TPSA) is 59.3 Å². The van der Waals surface area contributed by atoms with E-state index in [-0.39, 0.29) is 16.7 Å². The average Bonchev–Trinajstić information content (AvgIpc) is 2.61. The van der Waals surface area contributed by atoms with Crippen LogP contribution in [0.1, 0.15) is 16.7 Å². The number of rotatable bonds is 3. The molecule has 0 aliphatic rings. The van der Waals surface area contributed by atoms with Crippen molar-refractivity contribution in [2.75, 3.05) is 5.32 Å². The van der Waals surface area contributed by atoms with Crippen LogP contribution in [0.15, 0.2) is 63.8 Å². The molecule has 0 saturated heterocycles. The van der Waals surface area contributed by atoms with Crippen molar-refractivity contribution in [2.24, 2.45) is 0 Å². The second-order valence-corrected chi connectivity index (χ2v) is 5.88. The molecule has 1 unspecified atom stereocenters. The predicted octanol–water partition coefficient (Wildman–Crippen LogP) is 4.73. The number of hydrogen-bond acceptors (Lipinski definition) is 3. The molecule has 0 bridgehead atoms. The number of carbonyl (C=O) groups excluding carboxylic acids is 1. The molecule has 0 fully saturated rings. The fourth-order valence-corrected chi connectivity index (χ4v) is 2.55. The van der Waals surface area contributed by atoms with Gasteiger partial charge in [0.05, 0.1) is 5.39 Å². The van der Waals surface area contributed by atoms with Crippen molar-refractivity contribution in [1.82, 2.24) is 0 Å². The highest BCUT2D eigenvalue weighted by Crippen LogP contribution is 2.30. The van der Waals surface area contributed by atoms with Crippen molar-refractivity contribution in [2.45, 2.75) is 11.6 Å². The lowest BCUT2D eigenvalue weighted by molar-refractivity contribution is -0.152. The lowest BCUT2D eigenvalue weighted by Crippen LogP contribution is -2.17. The molecular formula is C18H11ClF3NO3. The third-order valence-electron chi connectivity index (χ3n) is 3.60. The van der Waals surface area contributed by atoms with Crippen LogP contribution in [-0.2, 0) is 11.0 Å². The summed E-state index contributed by atoms with van der Waals surface area (Å²) in [7, 11) is 0. The second kappa shape index (κ2) is 6.84. The molecule has 1 amide bonds. The van der Waals surface area contributed by atoms with Crippen molar-refractivity contribution in [3.05, 3.63) is 76.1 Å². The molecule has 1 heterocycles. The Morgan fingerprint density at radius 1 is 1.08 bits per heavy atom. The molecule has 3 aromatic rings. The number of halogens is 4. The molecule has 1 N–H and O–H groups in total. The van der Waals surface area contributed by atoms with Gasteiger partial charge in [0.15, 0.2) is 5.43 Å². The Hall–Kier alpha value is -2.80. The van der Waals surface area contributed by atoms with Gasteiger partial charge >= 0.3 is 6.18 Å². The van der Waals surface area contributed by atoms with E-state index in [2.05, 4.69) is 5.32 Å². The molecule has 0 aliphatic carbocycles. The Balaban J connectivity index is 1.89. The Labute approximate surface area is 150 Å². The molecule has 1 aromatic heterocycles. The Morgan fingerprint density at radius 2 is 1.77 bits per heavy atom. The van der Waals surface area contributed by atoms with Gasteiger partial charge in [-0.1, -0.05) is 30.3 Å². The molecule has 4 nitrogen and oxygen atoms in total. The minimum Gasteiger partial charge on any atom is -0.451 e. The van der Waals surface area contributed by atoms with Gasteiger partial charge in [-0.15, -0.1) is 11.6 Å². The fourth-order valence-electron chi connectivity index (χ4n) is 2.35. The number of carbonyl (C=O) groups is 1. The summed E-state index contributed by atoms with van der Waals surface area (Å²) in [6.45, 7) is 0. The molecule has 0 aliphatic heterocycles. The lowest BCUT2D eigenvalue weighted by atomic mass is 10.1. The van der Waals surface area contributed by atoms with Gasteiger partial charge in [0.25, 0.3) is 0 Å². The van der Waals surface area contributed by atoms with E-state index in [4.69, 9.17) is 16.0 Å². The molecule has 1 atom stereocenters. The fraction of sp³-hybridized carbons (Fsp3) is 0.111. The molecule has 0 radical (unpaired) electrons. The number of fused-ring (bicyclic) bond motifs is 1. The molecule has 3 rings (SSSR count). The van der Waals surface area contributed by atoms with E-state index in [1.54, 1.807) is 30.3 Å². The van der Waals surface area contributed by atoms with E-state index in [1.807, 2.05) is 0 Å². The van der Waals surface area contributed by atoms with Gasteiger partial charge in [0, 0.05) is 11.8 Å². The molecule has 134 valence electrons. The van der Waals surface area contributed by atoms with E-state index in [0.29, 0.717) is 11.6 Å². The summed E-state index contributed by atoms with van der Waals surface area (Å²) in [5, 5.41) is 1.49. The monoisotopic (exact) mass is 381 g/mol. The van der Waals surface area contributed by atoms with E-state index in [1.165, 1.54) is 18.2 Å². The Bertz CT molecular complexity index is 1020. The first-order chi connectivity index (χ1) is 12.3. The lowest BCUT2D eigenvalue weighted by Gasteiger charge is -2.11. The van der Waals surface area contributed by atoms with E-state index < -0.39 is 28.6 Å². The molecule has 2 aromatic carbocycles. The first kappa shape index (κ1) is 18.0. The van der Waals surface area contributed by atoms with Gasteiger partial charge in [-0.25, -0.2) is 0 Å². The standard InChI is InChI=1S/C18H11ClF3NO3/c19-16(10-4-2-1-3-5-10)17(25)23-11-6-7-14-12(8-11)13(24)9-15(26-14)18(20,21)22/h1-9,16H,(H,23,25). The van der Waals surface area contributed by atoms with Crippen molar-refractivity contribution in [3.8, 4) is 0 Å². The van der Waals surface area contributed by atoms with Crippen molar-refractivity contribution in [1.29, 1.82) is 0 Å². The van der Waals surface area contributed by atoms with E-state index in [9.17, 15) is 22.8 Å². The number of anilines is 1. The van der Waals surface area contributed by atoms with Crippen molar-refractivity contribution in [3.63, 3.8) is 0 Å². The maximum atomic E-state index is 12.7. The zero-order valence-corrected chi connectivity index (χ0v) is 13.8. The first-order valence-electron chi connectivity index (χ1n) is 7.41. The highest BCUT2D eigenvalue weighted by Gasteiger charge is 2.35. The largest absolute Gasteiger partial charge is 0.451 e. The highest BCUT2D eigenvalue weighted by molar-refractivity contribution is 6.32. The number of nitrogens with one attached hydrogen (secondary N) is 1. The normalized spacial score (nSPS) is 12.8. The molecule has 0 saturated carbocycles. The second-order valence-electron chi connectivity index (χ2n) is 5.45. The van der Waals surface area contributed by atoms with Gasteiger partial charge < -0.3 is 9.73 Å². The maximum absolute atomic E-state index is 12.7. The van der Waals surface area contributed by atoms with Crippen molar-refractivity contribution >= 4 is 34.2 Å². The third-order valence-corrected chi connectivity index (χ3v) is 4.05. The van der Waals surface area contributed by atoms with Crippen LogP contribution in [0.2, 0.25) is 0 Å². The van der Waals surface area contributed by atoms with Gasteiger partial charge in [-0.3, -0.25) is 9.59 Å². The average molecular weight is 382 g/mol.